The van der Waals surface area contributed by atoms with Gasteiger partial charge in [-0.2, -0.15) is 0 Å². The number of thioether (sulfide) groups is 1. The summed E-state index contributed by atoms with van der Waals surface area (Å²) in [5.74, 6) is -0.466. The van der Waals surface area contributed by atoms with Crippen LogP contribution in [-0.2, 0) is 4.79 Å². The van der Waals surface area contributed by atoms with Crippen LogP contribution in [0.1, 0.15) is 21.3 Å². The molecule has 0 radical (unpaired) electrons. The number of carbonyl (C=O) groups excluding carboxylic acids is 2. The number of carbonyl (C=O) groups is 2. The largest absolute Gasteiger partial charge is 0.548 e. The molecule has 26 heavy (non-hydrogen) atoms. The van der Waals surface area contributed by atoms with Crippen molar-refractivity contribution in [3.05, 3.63) is 59.7 Å². The van der Waals surface area contributed by atoms with Gasteiger partial charge in [0.25, 0.3) is 5.91 Å². The molecule has 1 aliphatic rings. The number of hydrogen-bond acceptors (Lipinski definition) is 6. The first-order valence-electron chi connectivity index (χ1n) is 7.99. The van der Waals surface area contributed by atoms with Crippen molar-refractivity contribution in [3.63, 3.8) is 0 Å². The molecule has 2 atom stereocenters. The van der Waals surface area contributed by atoms with Crippen molar-refractivity contribution in [1.82, 2.24) is 4.90 Å². The Balaban J connectivity index is 1.99. The first-order valence-corrected chi connectivity index (χ1v) is 9.03. The van der Waals surface area contributed by atoms with Gasteiger partial charge in [0.1, 0.15) is 5.37 Å². The van der Waals surface area contributed by atoms with Gasteiger partial charge in [0.15, 0.2) is 11.5 Å². The van der Waals surface area contributed by atoms with Crippen molar-refractivity contribution in [2.75, 3.05) is 20.0 Å². The number of rotatable bonds is 5. The number of benzene rings is 2. The van der Waals surface area contributed by atoms with E-state index < -0.39 is 12.0 Å². The molecule has 1 heterocycles. The van der Waals surface area contributed by atoms with E-state index in [1.54, 1.807) is 18.2 Å². The molecule has 1 amide bonds. The van der Waals surface area contributed by atoms with Crippen LogP contribution in [0.4, 0.5) is 0 Å². The topological polar surface area (TPSA) is 78.9 Å². The average molecular weight is 372 g/mol. The van der Waals surface area contributed by atoms with Gasteiger partial charge in [-0.15, -0.1) is 11.8 Å². The summed E-state index contributed by atoms with van der Waals surface area (Å²) in [5, 5.41) is 11.2. The first-order chi connectivity index (χ1) is 12.6. The Morgan fingerprint density at radius 2 is 1.77 bits per heavy atom. The lowest BCUT2D eigenvalue weighted by molar-refractivity contribution is -0.310. The van der Waals surface area contributed by atoms with E-state index in [2.05, 4.69) is 0 Å². The van der Waals surface area contributed by atoms with E-state index >= 15 is 0 Å². The number of methoxy groups -OCH3 is 2. The molecule has 0 unspecified atom stereocenters. The molecule has 1 fully saturated rings. The minimum Gasteiger partial charge on any atom is -0.548 e. The Bertz CT molecular complexity index is 811. The normalized spacial score (nSPS) is 19.2. The van der Waals surface area contributed by atoms with Crippen LogP contribution in [0.15, 0.2) is 48.5 Å². The van der Waals surface area contributed by atoms with Gasteiger partial charge in [0.05, 0.1) is 26.2 Å². The number of hydrogen-bond donors (Lipinski definition) is 0. The summed E-state index contributed by atoms with van der Waals surface area (Å²) in [5.41, 5.74) is 1.20. The molecule has 2 aromatic rings. The molecule has 0 saturated carbocycles. The van der Waals surface area contributed by atoms with E-state index in [1.807, 2.05) is 30.3 Å². The molecule has 0 spiro atoms. The summed E-state index contributed by atoms with van der Waals surface area (Å²) in [6.07, 6.45) is 0. The van der Waals surface area contributed by atoms with E-state index in [1.165, 1.54) is 30.9 Å². The molecule has 2 aromatic carbocycles. The van der Waals surface area contributed by atoms with Crippen LogP contribution >= 0.6 is 11.8 Å². The highest BCUT2D eigenvalue weighted by atomic mass is 32.2. The fraction of sp³-hybridized carbons (Fsp3) is 0.263. The van der Waals surface area contributed by atoms with E-state index in [-0.39, 0.29) is 17.0 Å². The van der Waals surface area contributed by atoms with E-state index in [0.29, 0.717) is 17.1 Å². The van der Waals surface area contributed by atoms with Crippen molar-refractivity contribution < 1.29 is 24.2 Å². The maximum Gasteiger partial charge on any atom is 0.255 e. The lowest BCUT2D eigenvalue weighted by Crippen LogP contribution is -2.49. The number of nitrogens with zero attached hydrogens (tertiary/aromatic N) is 1. The van der Waals surface area contributed by atoms with Crippen molar-refractivity contribution >= 4 is 23.6 Å². The Labute approximate surface area is 155 Å². The molecular weight excluding hydrogens is 354 g/mol. The summed E-state index contributed by atoms with van der Waals surface area (Å²) >= 11 is 1.41. The Morgan fingerprint density at radius 1 is 1.08 bits per heavy atom. The van der Waals surface area contributed by atoms with Gasteiger partial charge in [-0.1, -0.05) is 30.3 Å². The van der Waals surface area contributed by atoms with Gasteiger partial charge in [-0.05, 0) is 23.8 Å². The molecule has 1 aliphatic heterocycles. The van der Waals surface area contributed by atoms with Gasteiger partial charge >= 0.3 is 0 Å². The number of aliphatic carboxylic acids is 1. The third-order valence-electron chi connectivity index (χ3n) is 4.22. The first kappa shape index (κ1) is 18.1. The zero-order valence-electron chi connectivity index (χ0n) is 14.4. The van der Waals surface area contributed by atoms with Crippen molar-refractivity contribution in [2.45, 2.75) is 11.4 Å². The fourth-order valence-electron chi connectivity index (χ4n) is 2.93. The molecule has 0 aliphatic carbocycles. The lowest BCUT2D eigenvalue weighted by Gasteiger charge is -2.30. The van der Waals surface area contributed by atoms with Crippen molar-refractivity contribution in [3.8, 4) is 11.5 Å². The molecule has 136 valence electrons. The Morgan fingerprint density at radius 3 is 2.38 bits per heavy atom. The summed E-state index contributed by atoms with van der Waals surface area (Å²) in [4.78, 5) is 26.1. The van der Waals surface area contributed by atoms with Gasteiger partial charge in [0.2, 0.25) is 0 Å². The average Bonchev–Trinajstić information content (AvgIpc) is 3.13. The maximum atomic E-state index is 13.1. The predicted molar refractivity (Wildman–Crippen MR) is 96.2 cm³/mol. The second-order valence-corrected chi connectivity index (χ2v) is 6.83. The smallest absolute Gasteiger partial charge is 0.255 e. The summed E-state index contributed by atoms with van der Waals surface area (Å²) in [7, 11) is 2.99. The van der Waals surface area contributed by atoms with Gasteiger partial charge in [-0.3, -0.25) is 4.79 Å². The van der Waals surface area contributed by atoms with Crippen LogP contribution < -0.4 is 14.6 Å². The van der Waals surface area contributed by atoms with Crippen LogP contribution in [-0.4, -0.2) is 42.8 Å². The standard InChI is InChI=1S/C19H19NO5S/c1-24-15-9-8-13(10-16(15)25-2)17(21)20-14(19(22)23)11-26-18(20)12-6-4-3-5-7-12/h3-10,14,18H,11H2,1-2H3,(H,22,23)/p-1/t14-,18+/m1/s1. The second-order valence-electron chi connectivity index (χ2n) is 5.71. The van der Waals surface area contributed by atoms with E-state index in [4.69, 9.17) is 9.47 Å². The zero-order chi connectivity index (χ0) is 18.7. The molecule has 6 nitrogen and oxygen atoms in total. The monoisotopic (exact) mass is 372 g/mol. The zero-order valence-corrected chi connectivity index (χ0v) is 15.2. The molecule has 3 rings (SSSR count). The minimum atomic E-state index is -1.26. The van der Waals surface area contributed by atoms with Gasteiger partial charge in [0, 0.05) is 11.3 Å². The molecule has 7 heteroatoms. The summed E-state index contributed by atoms with van der Waals surface area (Å²) in [6.45, 7) is 0. The van der Waals surface area contributed by atoms with Crippen LogP contribution in [0.5, 0.6) is 11.5 Å². The Kier molecular flexibility index (Phi) is 5.37. The van der Waals surface area contributed by atoms with E-state index in [9.17, 15) is 14.7 Å². The van der Waals surface area contributed by atoms with E-state index in [0.717, 1.165) is 5.56 Å². The van der Waals surface area contributed by atoms with Crippen LogP contribution in [0.25, 0.3) is 0 Å². The third kappa shape index (κ3) is 3.35. The fourth-order valence-corrected chi connectivity index (χ4v) is 4.34. The number of amides is 1. The highest BCUT2D eigenvalue weighted by molar-refractivity contribution is 7.99. The summed E-state index contributed by atoms with van der Waals surface area (Å²) in [6, 6.07) is 13.1. The summed E-state index contributed by atoms with van der Waals surface area (Å²) < 4.78 is 10.4. The Hall–Kier alpha value is -2.67. The van der Waals surface area contributed by atoms with Crippen LogP contribution in [0.3, 0.4) is 0 Å². The lowest BCUT2D eigenvalue weighted by atomic mass is 10.1. The SMILES string of the molecule is COc1ccc(C(=O)N2[C@@H](C(=O)[O-])CS[C@H]2c2ccccc2)cc1OC. The molecule has 0 aromatic heterocycles. The molecule has 0 N–H and O–H groups in total. The second kappa shape index (κ2) is 7.70. The van der Waals surface area contributed by atoms with Crippen LogP contribution in [0.2, 0.25) is 0 Å². The quantitative estimate of drug-likeness (QED) is 0.795. The number of carboxylic acids is 1. The van der Waals surface area contributed by atoms with Crippen LogP contribution in [0, 0.1) is 0 Å². The highest BCUT2D eigenvalue weighted by Gasteiger charge is 2.39. The molecule has 1 saturated heterocycles. The maximum absolute atomic E-state index is 13.1. The number of ether oxygens (including phenoxy) is 2. The third-order valence-corrected chi connectivity index (χ3v) is 5.55. The predicted octanol–water partition coefficient (Wildman–Crippen LogP) is 1.71. The number of carboxylic acid groups (broad SMARTS) is 1. The van der Waals surface area contributed by atoms with Gasteiger partial charge < -0.3 is 24.3 Å². The molecular formula is C19H18NO5S-. The van der Waals surface area contributed by atoms with Crippen molar-refractivity contribution in [2.24, 2.45) is 0 Å². The highest BCUT2D eigenvalue weighted by Crippen LogP contribution is 2.42. The molecule has 0 bridgehead atoms. The van der Waals surface area contributed by atoms with Crippen molar-refractivity contribution in [1.29, 1.82) is 0 Å². The van der Waals surface area contributed by atoms with Gasteiger partial charge in [-0.25, -0.2) is 0 Å². The minimum absolute atomic E-state index is 0.279.